The average Bonchev–Trinajstić information content (AvgIpc) is 2.81. The van der Waals surface area contributed by atoms with Crippen LogP contribution in [-0.4, -0.2) is 34.5 Å². The number of nitrogens with zero attached hydrogens (tertiary/aromatic N) is 2. The van der Waals surface area contributed by atoms with E-state index in [1.54, 1.807) is 0 Å². The average molecular weight is 241 g/mol. The molecule has 0 atom stereocenters. The van der Waals surface area contributed by atoms with Crippen LogP contribution in [0, 0.1) is 6.92 Å². The molecule has 0 saturated heterocycles. The van der Waals surface area contributed by atoms with Gasteiger partial charge in [0.1, 0.15) is 5.82 Å². The molecule has 94 valence electrons. The van der Waals surface area contributed by atoms with E-state index in [-0.39, 0.29) is 0 Å². The Kier molecular flexibility index (Phi) is 2.92. The molecule has 1 aromatic carbocycles. The van der Waals surface area contributed by atoms with Gasteiger partial charge in [-0.05, 0) is 43.2 Å². The van der Waals surface area contributed by atoms with Crippen LogP contribution in [0.3, 0.4) is 0 Å². The Morgan fingerprint density at radius 3 is 3.00 bits per heavy atom. The van der Waals surface area contributed by atoms with Gasteiger partial charge in [-0.1, -0.05) is 19.1 Å². The van der Waals surface area contributed by atoms with Gasteiger partial charge in [0, 0.05) is 13.1 Å². The van der Waals surface area contributed by atoms with Crippen molar-refractivity contribution in [1.82, 2.24) is 14.9 Å². The van der Waals surface area contributed by atoms with Gasteiger partial charge in [0.25, 0.3) is 0 Å². The molecule has 2 aromatic rings. The van der Waals surface area contributed by atoms with E-state index in [0.717, 1.165) is 42.9 Å². The van der Waals surface area contributed by atoms with E-state index in [1.165, 1.54) is 11.1 Å². The van der Waals surface area contributed by atoms with Crippen molar-refractivity contribution in [1.29, 1.82) is 0 Å². The second kappa shape index (κ2) is 4.58. The monoisotopic (exact) mass is 241 g/mol. The first-order valence-electron chi connectivity index (χ1n) is 6.64. The Bertz CT molecular complexity index is 595. The summed E-state index contributed by atoms with van der Waals surface area (Å²) < 4.78 is 0. The van der Waals surface area contributed by atoms with Gasteiger partial charge in [0.05, 0.1) is 11.0 Å². The highest BCUT2D eigenvalue weighted by molar-refractivity contribution is 5.79. The lowest BCUT2D eigenvalue weighted by molar-refractivity contribution is 0.318. The summed E-state index contributed by atoms with van der Waals surface area (Å²) in [5, 5.41) is 0. The topological polar surface area (TPSA) is 31.9 Å². The van der Waals surface area contributed by atoms with Crippen LogP contribution in [0.2, 0.25) is 0 Å². The van der Waals surface area contributed by atoms with Gasteiger partial charge in [-0.25, -0.2) is 4.98 Å². The lowest BCUT2D eigenvalue weighted by Gasteiger charge is -2.23. The third-order valence-electron chi connectivity index (χ3n) is 3.68. The number of H-pyrrole nitrogens is 1. The quantitative estimate of drug-likeness (QED) is 0.876. The molecule has 0 bridgehead atoms. The minimum atomic E-state index is 1.04. The first-order chi connectivity index (χ1) is 8.76. The van der Waals surface area contributed by atoms with Crippen molar-refractivity contribution in [2.75, 3.05) is 19.6 Å². The molecule has 1 aliphatic heterocycles. The SMILES string of the molecule is CCN1CC=C(c2nc3ccc(C)cc3[nH]2)CC1. The van der Waals surface area contributed by atoms with Crippen LogP contribution in [0.5, 0.6) is 0 Å². The van der Waals surface area contributed by atoms with E-state index < -0.39 is 0 Å². The van der Waals surface area contributed by atoms with Gasteiger partial charge in [-0.3, -0.25) is 4.90 Å². The number of rotatable bonds is 2. The van der Waals surface area contributed by atoms with Crippen molar-refractivity contribution in [3.8, 4) is 0 Å². The number of hydrogen-bond acceptors (Lipinski definition) is 2. The fourth-order valence-corrected chi connectivity index (χ4v) is 2.49. The number of nitrogens with one attached hydrogen (secondary N) is 1. The smallest absolute Gasteiger partial charge is 0.134 e. The summed E-state index contributed by atoms with van der Waals surface area (Å²) in [5.74, 6) is 1.05. The van der Waals surface area contributed by atoms with E-state index in [9.17, 15) is 0 Å². The summed E-state index contributed by atoms with van der Waals surface area (Å²) >= 11 is 0. The van der Waals surface area contributed by atoms with Crippen LogP contribution in [0.1, 0.15) is 24.7 Å². The molecule has 2 heterocycles. The van der Waals surface area contributed by atoms with Crippen molar-refractivity contribution >= 4 is 16.6 Å². The van der Waals surface area contributed by atoms with Gasteiger partial charge >= 0.3 is 0 Å². The minimum Gasteiger partial charge on any atom is -0.338 e. The van der Waals surface area contributed by atoms with E-state index >= 15 is 0 Å². The van der Waals surface area contributed by atoms with Crippen molar-refractivity contribution in [2.24, 2.45) is 0 Å². The maximum atomic E-state index is 4.69. The maximum absolute atomic E-state index is 4.69. The van der Waals surface area contributed by atoms with Crippen molar-refractivity contribution in [2.45, 2.75) is 20.3 Å². The molecule has 0 aliphatic carbocycles. The van der Waals surface area contributed by atoms with Crippen LogP contribution in [0.25, 0.3) is 16.6 Å². The zero-order valence-electron chi connectivity index (χ0n) is 11.0. The highest BCUT2D eigenvalue weighted by Gasteiger charge is 2.14. The van der Waals surface area contributed by atoms with Crippen LogP contribution in [0.4, 0.5) is 0 Å². The summed E-state index contributed by atoms with van der Waals surface area (Å²) in [6, 6.07) is 6.36. The lowest BCUT2D eigenvalue weighted by Crippen LogP contribution is -2.28. The van der Waals surface area contributed by atoms with Gasteiger partial charge in [0.15, 0.2) is 0 Å². The van der Waals surface area contributed by atoms with Gasteiger partial charge in [0.2, 0.25) is 0 Å². The largest absolute Gasteiger partial charge is 0.338 e. The highest BCUT2D eigenvalue weighted by atomic mass is 15.1. The number of aromatic amines is 1. The number of hydrogen-bond donors (Lipinski definition) is 1. The summed E-state index contributed by atoms with van der Waals surface area (Å²) in [6.45, 7) is 7.63. The second-order valence-electron chi connectivity index (χ2n) is 4.98. The molecule has 0 spiro atoms. The van der Waals surface area contributed by atoms with Crippen LogP contribution >= 0.6 is 0 Å². The summed E-state index contributed by atoms with van der Waals surface area (Å²) in [6.07, 6.45) is 3.39. The third kappa shape index (κ3) is 2.06. The van der Waals surface area contributed by atoms with E-state index in [0.29, 0.717) is 0 Å². The molecule has 1 N–H and O–H groups in total. The molecule has 0 fully saturated rings. The standard InChI is InChI=1S/C15H19N3/c1-3-18-8-6-12(7-9-18)15-16-13-5-4-11(2)10-14(13)17-15/h4-6,10H,3,7-9H2,1-2H3,(H,16,17). The molecular weight excluding hydrogens is 222 g/mol. The molecule has 3 rings (SSSR count). The minimum absolute atomic E-state index is 1.04. The van der Waals surface area contributed by atoms with Crippen molar-refractivity contribution in [3.63, 3.8) is 0 Å². The van der Waals surface area contributed by atoms with Crippen LogP contribution in [0.15, 0.2) is 24.3 Å². The zero-order valence-corrected chi connectivity index (χ0v) is 11.0. The van der Waals surface area contributed by atoms with Crippen molar-refractivity contribution < 1.29 is 0 Å². The predicted molar refractivity (Wildman–Crippen MR) is 75.5 cm³/mol. The number of aryl methyl sites for hydroxylation is 1. The Labute approximate surface area is 108 Å². The maximum Gasteiger partial charge on any atom is 0.134 e. The molecule has 18 heavy (non-hydrogen) atoms. The molecule has 0 radical (unpaired) electrons. The fraction of sp³-hybridized carbons (Fsp3) is 0.400. The van der Waals surface area contributed by atoms with Crippen molar-refractivity contribution in [3.05, 3.63) is 35.7 Å². The number of likely N-dealkylation sites (N-methyl/N-ethyl adjacent to an activating group) is 1. The number of imidazole rings is 1. The molecule has 1 aliphatic rings. The van der Waals surface area contributed by atoms with Gasteiger partial charge in [-0.15, -0.1) is 0 Å². The van der Waals surface area contributed by atoms with Gasteiger partial charge in [-0.2, -0.15) is 0 Å². The second-order valence-corrected chi connectivity index (χ2v) is 4.98. The lowest BCUT2D eigenvalue weighted by atomic mass is 10.1. The normalized spacial score (nSPS) is 17.1. The summed E-state index contributed by atoms with van der Waals surface area (Å²) in [7, 11) is 0. The Balaban J connectivity index is 1.93. The van der Waals surface area contributed by atoms with Gasteiger partial charge < -0.3 is 4.98 Å². The molecule has 1 aromatic heterocycles. The molecule has 0 amide bonds. The number of benzene rings is 1. The Morgan fingerprint density at radius 2 is 2.28 bits per heavy atom. The zero-order chi connectivity index (χ0) is 12.5. The van der Waals surface area contributed by atoms with Crippen LogP contribution in [-0.2, 0) is 0 Å². The Hall–Kier alpha value is -1.61. The van der Waals surface area contributed by atoms with E-state index in [1.807, 2.05) is 0 Å². The number of aromatic nitrogens is 2. The first kappa shape index (κ1) is 11.5. The third-order valence-corrected chi connectivity index (χ3v) is 3.68. The molecule has 3 nitrogen and oxygen atoms in total. The molecule has 0 unspecified atom stereocenters. The highest BCUT2D eigenvalue weighted by Crippen LogP contribution is 2.23. The predicted octanol–water partition coefficient (Wildman–Crippen LogP) is 2.98. The first-order valence-corrected chi connectivity index (χ1v) is 6.64. The summed E-state index contributed by atoms with van der Waals surface area (Å²) in [5.41, 5.74) is 4.83. The summed E-state index contributed by atoms with van der Waals surface area (Å²) in [4.78, 5) is 10.6. The molecule has 0 saturated carbocycles. The molecule has 3 heteroatoms. The van der Waals surface area contributed by atoms with Crippen LogP contribution < -0.4 is 0 Å². The number of fused-ring (bicyclic) bond motifs is 1. The fourth-order valence-electron chi connectivity index (χ4n) is 2.49. The Morgan fingerprint density at radius 1 is 1.39 bits per heavy atom. The van der Waals surface area contributed by atoms with E-state index in [4.69, 9.17) is 0 Å². The van der Waals surface area contributed by atoms with E-state index in [2.05, 4.69) is 53.0 Å². The molecular formula is C15H19N3.